The minimum atomic E-state index is -3.64. The van der Waals surface area contributed by atoms with Gasteiger partial charge < -0.3 is 4.90 Å². The molecule has 1 aromatic heterocycles. The molecule has 0 saturated carbocycles. The fraction of sp³-hybridized carbons (Fsp3) is 0.167. The van der Waals surface area contributed by atoms with Gasteiger partial charge in [0.15, 0.2) is 0 Å². The summed E-state index contributed by atoms with van der Waals surface area (Å²) in [6.45, 7) is 1.12. The van der Waals surface area contributed by atoms with Crippen molar-refractivity contribution < 1.29 is 13.2 Å². The summed E-state index contributed by atoms with van der Waals surface area (Å²) in [5.41, 5.74) is 3.38. The molecule has 0 N–H and O–H groups in total. The molecule has 1 fully saturated rings. The molecule has 1 aliphatic rings. The van der Waals surface area contributed by atoms with Gasteiger partial charge in [-0.1, -0.05) is 29.8 Å². The number of fused-ring (bicyclic) bond motifs is 1. The molecule has 3 aromatic carbocycles. The van der Waals surface area contributed by atoms with Crippen LogP contribution in [0.5, 0.6) is 0 Å². The highest BCUT2D eigenvalue weighted by molar-refractivity contribution is 7.89. The molecule has 1 aliphatic heterocycles. The van der Waals surface area contributed by atoms with Gasteiger partial charge in [-0.05, 0) is 54.6 Å². The van der Waals surface area contributed by atoms with Crippen LogP contribution in [0.15, 0.2) is 84.0 Å². The molecule has 168 valence electrons. The number of amides is 1. The smallest absolute Gasteiger partial charge is 0.253 e. The fourth-order valence-electron chi connectivity index (χ4n) is 4.02. The molecule has 0 spiro atoms. The summed E-state index contributed by atoms with van der Waals surface area (Å²) in [6, 6.07) is 21.5. The number of sulfonamides is 1. The number of para-hydroxylation sites is 2. The van der Waals surface area contributed by atoms with Gasteiger partial charge in [0.2, 0.25) is 10.0 Å². The van der Waals surface area contributed by atoms with Gasteiger partial charge >= 0.3 is 0 Å². The van der Waals surface area contributed by atoms with Crippen LogP contribution in [-0.4, -0.2) is 59.3 Å². The fourth-order valence-corrected chi connectivity index (χ4v) is 5.74. The van der Waals surface area contributed by atoms with E-state index in [0.717, 1.165) is 16.7 Å². The zero-order valence-corrected chi connectivity index (χ0v) is 19.2. The van der Waals surface area contributed by atoms with Crippen LogP contribution >= 0.6 is 11.6 Å². The number of carbonyl (C=O) groups is 1. The van der Waals surface area contributed by atoms with E-state index in [2.05, 4.69) is 4.98 Å². The molecule has 1 amide bonds. The average Bonchev–Trinajstić information content (AvgIpc) is 3.28. The van der Waals surface area contributed by atoms with E-state index in [1.807, 2.05) is 41.0 Å². The number of benzene rings is 3. The van der Waals surface area contributed by atoms with Gasteiger partial charge in [-0.3, -0.25) is 9.36 Å². The average molecular weight is 481 g/mol. The van der Waals surface area contributed by atoms with Crippen LogP contribution in [0.1, 0.15) is 10.4 Å². The molecule has 0 bridgehead atoms. The van der Waals surface area contributed by atoms with Crippen molar-refractivity contribution >= 4 is 38.6 Å². The Hall–Kier alpha value is -3.20. The van der Waals surface area contributed by atoms with Crippen LogP contribution in [-0.2, 0) is 10.0 Å². The molecule has 5 rings (SSSR count). The Bertz CT molecular complexity index is 1430. The summed E-state index contributed by atoms with van der Waals surface area (Å²) in [6.07, 6.45) is 1.76. The van der Waals surface area contributed by atoms with E-state index in [4.69, 9.17) is 11.6 Å². The Morgan fingerprint density at radius 1 is 0.879 bits per heavy atom. The van der Waals surface area contributed by atoms with E-state index in [1.165, 1.54) is 16.4 Å². The monoisotopic (exact) mass is 480 g/mol. The third-order valence-electron chi connectivity index (χ3n) is 5.81. The van der Waals surface area contributed by atoms with Crippen LogP contribution in [0, 0.1) is 0 Å². The summed E-state index contributed by atoms with van der Waals surface area (Å²) in [5.74, 6) is -0.114. The highest BCUT2D eigenvalue weighted by atomic mass is 35.5. The Morgan fingerprint density at radius 2 is 1.61 bits per heavy atom. The second-order valence-electron chi connectivity index (χ2n) is 7.80. The second kappa shape index (κ2) is 8.62. The zero-order valence-electron chi connectivity index (χ0n) is 17.6. The van der Waals surface area contributed by atoms with Gasteiger partial charge in [-0.25, -0.2) is 13.4 Å². The van der Waals surface area contributed by atoms with E-state index >= 15 is 0 Å². The highest BCUT2D eigenvalue weighted by Gasteiger charge is 2.30. The standard InChI is InChI=1S/C24H21ClN4O3S/c25-19-4-3-5-21(16-19)33(31,32)28-14-12-27(13-15-28)24(30)18-8-10-20(11-9-18)29-17-26-22-6-1-2-7-23(22)29/h1-11,16-17H,12-15H2. The lowest BCUT2D eigenvalue weighted by Crippen LogP contribution is -2.50. The predicted molar refractivity (Wildman–Crippen MR) is 127 cm³/mol. The molecule has 33 heavy (non-hydrogen) atoms. The number of hydrogen-bond donors (Lipinski definition) is 0. The number of rotatable bonds is 4. The van der Waals surface area contributed by atoms with Crippen molar-refractivity contribution in [1.29, 1.82) is 0 Å². The van der Waals surface area contributed by atoms with Gasteiger partial charge in [-0.2, -0.15) is 4.31 Å². The molecular formula is C24H21ClN4O3S. The molecule has 0 aliphatic carbocycles. The number of hydrogen-bond acceptors (Lipinski definition) is 4. The lowest BCUT2D eigenvalue weighted by atomic mass is 10.1. The Kier molecular flexibility index (Phi) is 5.65. The maximum Gasteiger partial charge on any atom is 0.253 e. The van der Waals surface area contributed by atoms with Crippen molar-refractivity contribution in [2.45, 2.75) is 4.90 Å². The number of nitrogens with zero attached hydrogens (tertiary/aromatic N) is 4. The molecule has 0 unspecified atom stereocenters. The normalized spacial score (nSPS) is 15.1. The quantitative estimate of drug-likeness (QED) is 0.445. The minimum Gasteiger partial charge on any atom is -0.336 e. The molecule has 0 atom stereocenters. The third-order valence-corrected chi connectivity index (χ3v) is 7.94. The van der Waals surface area contributed by atoms with Gasteiger partial charge in [0.1, 0.15) is 6.33 Å². The summed E-state index contributed by atoms with van der Waals surface area (Å²) >= 11 is 5.95. The van der Waals surface area contributed by atoms with Crippen molar-refractivity contribution in [3.05, 3.63) is 89.7 Å². The summed E-state index contributed by atoms with van der Waals surface area (Å²) < 4.78 is 29.1. The summed E-state index contributed by atoms with van der Waals surface area (Å²) in [5, 5.41) is 0.372. The molecule has 9 heteroatoms. The maximum atomic E-state index is 13.0. The van der Waals surface area contributed by atoms with Crippen LogP contribution in [0.2, 0.25) is 5.02 Å². The predicted octanol–water partition coefficient (Wildman–Crippen LogP) is 3.83. The van der Waals surface area contributed by atoms with Crippen molar-refractivity contribution in [3.63, 3.8) is 0 Å². The minimum absolute atomic E-state index is 0.114. The molecule has 2 heterocycles. The molecule has 1 saturated heterocycles. The van der Waals surface area contributed by atoms with Gasteiger partial charge in [0, 0.05) is 42.5 Å². The summed E-state index contributed by atoms with van der Waals surface area (Å²) in [7, 11) is -3.64. The van der Waals surface area contributed by atoms with Crippen molar-refractivity contribution in [2.24, 2.45) is 0 Å². The first-order valence-electron chi connectivity index (χ1n) is 10.5. The van der Waals surface area contributed by atoms with Gasteiger partial charge in [-0.15, -0.1) is 0 Å². The third kappa shape index (κ3) is 4.13. The Morgan fingerprint density at radius 3 is 2.33 bits per heavy atom. The van der Waals surface area contributed by atoms with Crippen LogP contribution in [0.25, 0.3) is 16.7 Å². The summed E-state index contributed by atoms with van der Waals surface area (Å²) in [4.78, 5) is 19.3. The van der Waals surface area contributed by atoms with E-state index in [9.17, 15) is 13.2 Å². The van der Waals surface area contributed by atoms with E-state index in [1.54, 1.807) is 35.5 Å². The largest absolute Gasteiger partial charge is 0.336 e. The van der Waals surface area contributed by atoms with E-state index in [-0.39, 0.29) is 23.9 Å². The van der Waals surface area contributed by atoms with E-state index < -0.39 is 10.0 Å². The lowest BCUT2D eigenvalue weighted by molar-refractivity contribution is 0.0698. The first-order chi connectivity index (χ1) is 15.9. The molecule has 4 aromatic rings. The molecule has 7 nitrogen and oxygen atoms in total. The first-order valence-corrected chi connectivity index (χ1v) is 12.3. The number of imidazole rings is 1. The lowest BCUT2D eigenvalue weighted by Gasteiger charge is -2.34. The zero-order chi connectivity index (χ0) is 23.0. The number of aromatic nitrogens is 2. The highest BCUT2D eigenvalue weighted by Crippen LogP contribution is 2.22. The number of halogens is 1. The Balaban J connectivity index is 1.27. The van der Waals surface area contributed by atoms with E-state index in [0.29, 0.717) is 23.7 Å². The van der Waals surface area contributed by atoms with Crippen molar-refractivity contribution in [2.75, 3.05) is 26.2 Å². The van der Waals surface area contributed by atoms with Crippen molar-refractivity contribution in [3.8, 4) is 5.69 Å². The SMILES string of the molecule is O=C(c1ccc(-n2cnc3ccccc32)cc1)N1CCN(S(=O)(=O)c2cccc(Cl)c2)CC1. The van der Waals surface area contributed by atoms with Gasteiger partial charge in [0.25, 0.3) is 5.91 Å². The van der Waals surface area contributed by atoms with Crippen LogP contribution < -0.4 is 0 Å². The number of piperazine rings is 1. The van der Waals surface area contributed by atoms with Gasteiger partial charge in [0.05, 0.1) is 15.9 Å². The Labute approximate surface area is 196 Å². The topological polar surface area (TPSA) is 75.5 Å². The molecule has 0 radical (unpaired) electrons. The van der Waals surface area contributed by atoms with Crippen LogP contribution in [0.3, 0.4) is 0 Å². The van der Waals surface area contributed by atoms with Crippen LogP contribution in [0.4, 0.5) is 0 Å². The number of carbonyl (C=O) groups excluding carboxylic acids is 1. The first kappa shape index (κ1) is 21.6. The second-order valence-corrected chi connectivity index (χ2v) is 10.2. The maximum absolute atomic E-state index is 13.0. The molecular weight excluding hydrogens is 460 g/mol. The van der Waals surface area contributed by atoms with Crippen molar-refractivity contribution in [1.82, 2.24) is 18.8 Å².